The van der Waals surface area contributed by atoms with E-state index in [1.54, 1.807) is 0 Å². The van der Waals surface area contributed by atoms with Crippen LogP contribution in [0.3, 0.4) is 0 Å². The molecule has 6 heterocycles. The fourth-order valence-electron chi connectivity index (χ4n) is 13.3. The van der Waals surface area contributed by atoms with Crippen molar-refractivity contribution in [2.75, 3.05) is 0 Å². The molecule has 0 aliphatic rings. The van der Waals surface area contributed by atoms with Crippen molar-refractivity contribution in [1.82, 2.24) is 29.9 Å². The molecule has 0 aliphatic heterocycles. The molecule has 0 aliphatic carbocycles. The molecule has 0 atom stereocenters. The lowest BCUT2D eigenvalue weighted by Gasteiger charge is -2.16. The van der Waals surface area contributed by atoms with Gasteiger partial charge < -0.3 is 0 Å². The largest absolute Gasteiger partial charge is 0.253 e. The van der Waals surface area contributed by atoms with Crippen LogP contribution < -0.4 is 0 Å². The third-order valence-corrected chi connectivity index (χ3v) is 18.2. The Balaban J connectivity index is 0.815. The zero-order chi connectivity index (χ0) is 66.6. The summed E-state index contributed by atoms with van der Waals surface area (Å²) >= 11 is 0. The van der Waals surface area contributed by atoms with Gasteiger partial charge in [-0.2, -0.15) is 0 Å². The van der Waals surface area contributed by atoms with Crippen LogP contribution in [0.15, 0.2) is 346 Å². The summed E-state index contributed by atoms with van der Waals surface area (Å²) in [5, 5.41) is 0. The van der Waals surface area contributed by atoms with Gasteiger partial charge in [-0.15, -0.1) is 0 Å². The average molecular weight is 1270 g/mol. The Morgan fingerprint density at radius 1 is 0.121 bits per heavy atom. The second-order valence-electron chi connectivity index (χ2n) is 25.3. The molecule has 0 saturated heterocycles. The summed E-state index contributed by atoms with van der Waals surface area (Å²) in [5.41, 5.74) is 32.8. The summed E-state index contributed by atoms with van der Waals surface area (Å²) in [6.45, 7) is 6.26. The summed E-state index contributed by atoms with van der Waals surface area (Å²) in [5.74, 6) is 0. The highest BCUT2D eigenvalue weighted by Gasteiger charge is 2.19. The Kier molecular flexibility index (Phi) is 16.7. The normalized spacial score (nSPS) is 11.2. The first-order valence-electron chi connectivity index (χ1n) is 33.5. The summed E-state index contributed by atoms with van der Waals surface area (Å²) in [6.07, 6.45) is 0. The molecule has 6 heteroatoms. The standard InChI is InChI=1S/C93H66N6/c1-61-43-76(52-88(94-61)70-37-22-40-73(46-70)91-58-82(64-25-10-4-11-26-64)55-85(97-91)67-31-16-7-17-32-67)79-49-80(77-44-62(2)95-89(53-77)71-38-23-41-74(47-71)92-59-83(65-27-12-5-13-28-65)56-86(98-92)68-33-18-8-19-34-68)51-81(50-79)78-45-63(3)96-90(54-78)72-39-24-42-75(48-72)93-60-84(66-29-14-6-15-30-66)57-87(99-93)69-35-20-9-21-36-69/h4-60H,1-3H3. The van der Waals surface area contributed by atoms with Crippen molar-refractivity contribution in [3.8, 4) is 168 Å². The average Bonchev–Trinajstić information content (AvgIpc) is 0.811. The number of aromatic nitrogens is 6. The van der Waals surface area contributed by atoms with Crippen LogP contribution in [-0.4, -0.2) is 29.9 Å². The van der Waals surface area contributed by atoms with E-state index in [1.807, 2.05) is 18.2 Å². The van der Waals surface area contributed by atoms with Crippen LogP contribution in [0.4, 0.5) is 0 Å². The third-order valence-electron chi connectivity index (χ3n) is 18.2. The second kappa shape index (κ2) is 27.1. The van der Waals surface area contributed by atoms with Crippen LogP contribution in [0.25, 0.3) is 168 Å². The van der Waals surface area contributed by atoms with E-state index in [2.05, 4.69) is 348 Å². The summed E-state index contributed by atoms with van der Waals surface area (Å²) in [6, 6.07) is 122. The van der Waals surface area contributed by atoms with E-state index in [1.165, 1.54) is 0 Å². The smallest absolute Gasteiger partial charge is 0.0715 e. The summed E-state index contributed by atoms with van der Waals surface area (Å²) in [7, 11) is 0. The lowest BCUT2D eigenvalue weighted by molar-refractivity contribution is 1.20. The van der Waals surface area contributed by atoms with Gasteiger partial charge in [0.15, 0.2) is 0 Å². The van der Waals surface area contributed by atoms with Gasteiger partial charge in [0.2, 0.25) is 0 Å². The van der Waals surface area contributed by atoms with Gasteiger partial charge in [-0.3, -0.25) is 15.0 Å². The van der Waals surface area contributed by atoms with Crippen LogP contribution in [0.2, 0.25) is 0 Å². The van der Waals surface area contributed by atoms with Crippen molar-refractivity contribution < 1.29 is 0 Å². The number of hydrogen-bond acceptors (Lipinski definition) is 6. The molecule has 0 saturated carbocycles. The fourth-order valence-corrected chi connectivity index (χ4v) is 13.3. The van der Waals surface area contributed by atoms with Gasteiger partial charge in [-0.25, -0.2) is 15.0 Å². The van der Waals surface area contributed by atoms with Crippen molar-refractivity contribution in [1.29, 1.82) is 0 Å². The van der Waals surface area contributed by atoms with Crippen molar-refractivity contribution in [3.63, 3.8) is 0 Å². The molecule has 16 aromatic rings. The molecule has 16 rings (SSSR count). The molecular formula is C93H66N6. The molecule has 6 aromatic heterocycles. The van der Waals surface area contributed by atoms with Gasteiger partial charge in [-0.05, 0) is 197 Å². The fraction of sp³-hybridized carbons (Fsp3) is 0.0323. The lowest BCUT2D eigenvalue weighted by Crippen LogP contribution is -1.95. The van der Waals surface area contributed by atoms with E-state index in [-0.39, 0.29) is 0 Å². The number of benzene rings is 10. The molecule has 0 N–H and O–H groups in total. The Bertz CT molecular complexity index is 4880. The molecule has 10 aromatic carbocycles. The first-order chi connectivity index (χ1) is 48.7. The molecule has 0 spiro atoms. The number of rotatable bonds is 15. The Hall–Kier alpha value is -12.9. The first-order valence-corrected chi connectivity index (χ1v) is 33.5. The molecule has 0 fully saturated rings. The minimum Gasteiger partial charge on any atom is -0.253 e. The lowest BCUT2D eigenvalue weighted by atomic mass is 9.91. The van der Waals surface area contributed by atoms with E-state index < -0.39 is 0 Å². The van der Waals surface area contributed by atoms with Crippen molar-refractivity contribution in [2.45, 2.75) is 20.8 Å². The van der Waals surface area contributed by atoms with Crippen molar-refractivity contribution >= 4 is 0 Å². The summed E-state index contributed by atoms with van der Waals surface area (Å²) in [4.78, 5) is 31.7. The van der Waals surface area contributed by atoms with E-state index in [0.29, 0.717) is 0 Å². The maximum Gasteiger partial charge on any atom is 0.0715 e. The predicted molar refractivity (Wildman–Crippen MR) is 409 cm³/mol. The Labute approximate surface area is 578 Å². The molecule has 468 valence electrons. The van der Waals surface area contributed by atoms with Gasteiger partial charge >= 0.3 is 0 Å². The van der Waals surface area contributed by atoms with E-state index in [9.17, 15) is 0 Å². The van der Waals surface area contributed by atoms with Gasteiger partial charge in [-0.1, -0.05) is 237 Å². The zero-order valence-electron chi connectivity index (χ0n) is 55.1. The minimum absolute atomic E-state index is 0.865. The SMILES string of the molecule is Cc1cc(-c2cc(-c3cc(C)nc(-c4cccc(-c5cc(-c6ccccc6)cc(-c6ccccc6)n5)c4)c3)cc(-c3cc(C)nc(-c4cccc(-c5cc(-c6ccccc6)cc(-c6ccccc6)n5)c4)c3)c2)cc(-c2cccc(-c3cc(-c4ccccc4)cc(-c4ccccc4)n3)c2)n1. The minimum atomic E-state index is 0.865. The molecule has 0 bridgehead atoms. The maximum absolute atomic E-state index is 5.31. The van der Waals surface area contributed by atoms with Gasteiger partial charge in [0.25, 0.3) is 0 Å². The Morgan fingerprint density at radius 3 is 0.495 bits per heavy atom. The highest BCUT2D eigenvalue weighted by molar-refractivity contribution is 5.88. The number of hydrogen-bond donors (Lipinski definition) is 0. The van der Waals surface area contributed by atoms with Crippen molar-refractivity contribution in [2.24, 2.45) is 0 Å². The van der Waals surface area contributed by atoms with Crippen molar-refractivity contribution in [3.05, 3.63) is 363 Å². The van der Waals surface area contributed by atoms with E-state index >= 15 is 0 Å². The van der Waals surface area contributed by atoms with E-state index in [0.717, 1.165) is 185 Å². The van der Waals surface area contributed by atoms with Crippen LogP contribution in [-0.2, 0) is 0 Å². The maximum atomic E-state index is 5.31. The topological polar surface area (TPSA) is 77.3 Å². The van der Waals surface area contributed by atoms with Crippen LogP contribution in [0.1, 0.15) is 17.1 Å². The van der Waals surface area contributed by atoms with Crippen LogP contribution in [0.5, 0.6) is 0 Å². The van der Waals surface area contributed by atoms with Gasteiger partial charge in [0.05, 0.1) is 51.2 Å². The first kappa shape index (κ1) is 61.0. The third kappa shape index (κ3) is 13.4. The highest BCUT2D eigenvalue weighted by Crippen LogP contribution is 2.41. The van der Waals surface area contributed by atoms with Crippen LogP contribution in [0, 0.1) is 20.8 Å². The Morgan fingerprint density at radius 2 is 0.273 bits per heavy atom. The molecule has 99 heavy (non-hydrogen) atoms. The highest BCUT2D eigenvalue weighted by atomic mass is 14.7. The summed E-state index contributed by atoms with van der Waals surface area (Å²) < 4.78 is 0. The quantitative estimate of drug-likeness (QED) is 0.102. The molecular weight excluding hydrogens is 1200 g/mol. The van der Waals surface area contributed by atoms with E-state index in [4.69, 9.17) is 29.9 Å². The molecule has 0 radical (unpaired) electrons. The number of nitrogens with zero attached hydrogens (tertiary/aromatic N) is 6. The van der Waals surface area contributed by atoms with Gasteiger partial charge in [0.1, 0.15) is 0 Å². The predicted octanol–water partition coefficient (Wildman–Crippen LogP) is 24.0. The number of pyridine rings is 6. The van der Waals surface area contributed by atoms with Crippen LogP contribution >= 0.6 is 0 Å². The number of aryl methyl sites for hydroxylation is 3. The molecule has 0 unspecified atom stereocenters. The van der Waals surface area contributed by atoms with Gasteiger partial charge in [0, 0.05) is 67.2 Å². The monoisotopic (exact) mass is 1270 g/mol. The zero-order valence-corrected chi connectivity index (χ0v) is 55.1. The second-order valence-corrected chi connectivity index (χ2v) is 25.3. The molecule has 0 amide bonds. The molecule has 6 nitrogen and oxygen atoms in total.